The van der Waals surface area contributed by atoms with Gasteiger partial charge in [0.2, 0.25) is 5.84 Å². The van der Waals surface area contributed by atoms with Crippen molar-refractivity contribution in [2.24, 2.45) is 10.1 Å². The zero-order valence-corrected chi connectivity index (χ0v) is 4.98. The van der Waals surface area contributed by atoms with Gasteiger partial charge in [0.25, 0.3) is 0 Å². The highest BCUT2D eigenvalue weighted by molar-refractivity contribution is 6.34. The Kier molecular flexibility index (Phi) is 1.79. The van der Waals surface area contributed by atoms with E-state index in [0.717, 1.165) is 0 Å². The molecule has 0 spiro atoms. The fourth-order valence-electron chi connectivity index (χ4n) is 0.429. The number of amidine groups is 1. The van der Waals surface area contributed by atoms with Crippen LogP contribution < -0.4 is 5.43 Å². The average Bonchev–Trinajstić information content (AvgIpc) is 2.12. The van der Waals surface area contributed by atoms with Gasteiger partial charge >= 0.3 is 5.97 Å². The van der Waals surface area contributed by atoms with Crippen LogP contribution in [-0.2, 0) is 4.79 Å². The molecule has 1 heterocycles. The minimum Gasteiger partial charge on any atom is -0.475 e. The third kappa shape index (κ3) is 1.41. The molecule has 5 nitrogen and oxygen atoms in total. The van der Waals surface area contributed by atoms with Gasteiger partial charge in [0.15, 0.2) is 0 Å². The summed E-state index contributed by atoms with van der Waals surface area (Å²) in [5.74, 6) is -1.30. The molecule has 0 fully saturated rings. The largest absolute Gasteiger partial charge is 0.475 e. The van der Waals surface area contributed by atoms with E-state index in [9.17, 15) is 4.79 Å². The van der Waals surface area contributed by atoms with Crippen LogP contribution in [0.1, 0.15) is 0 Å². The molecule has 10 heavy (non-hydrogen) atoms. The van der Waals surface area contributed by atoms with Crippen LogP contribution in [0.15, 0.2) is 22.4 Å². The van der Waals surface area contributed by atoms with Crippen LogP contribution in [0, 0.1) is 0 Å². The molecule has 0 radical (unpaired) electrons. The quantitative estimate of drug-likeness (QED) is 0.517. The lowest BCUT2D eigenvalue weighted by Gasteiger charge is -1.93. The van der Waals surface area contributed by atoms with E-state index in [4.69, 9.17) is 5.11 Å². The Labute approximate surface area is 56.8 Å². The average molecular weight is 139 g/mol. The van der Waals surface area contributed by atoms with Crippen LogP contribution in [0.5, 0.6) is 0 Å². The second-order valence-electron chi connectivity index (χ2n) is 1.51. The van der Waals surface area contributed by atoms with Gasteiger partial charge in [-0.25, -0.2) is 9.79 Å². The van der Waals surface area contributed by atoms with E-state index < -0.39 is 5.97 Å². The fraction of sp³-hybridized carbons (Fsp3) is 0. The molecule has 0 amide bonds. The standard InChI is InChI=1S/C5H5N3O2/c9-5(10)4-6-2-1-3-7-8-4/h1-3H,(H,6,8)(H,9,10). The lowest BCUT2D eigenvalue weighted by atomic mass is 10.6. The maximum Gasteiger partial charge on any atom is 0.373 e. The first kappa shape index (κ1) is 6.47. The molecule has 52 valence electrons. The number of carboxylic acids is 1. The van der Waals surface area contributed by atoms with Gasteiger partial charge in [-0.1, -0.05) is 0 Å². The summed E-state index contributed by atoms with van der Waals surface area (Å²) in [5, 5.41) is 11.9. The Morgan fingerprint density at radius 3 is 3.20 bits per heavy atom. The first-order chi connectivity index (χ1) is 4.80. The molecule has 1 rings (SSSR count). The van der Waals surface area contributed by atoms with Crippen LogP contribution in [0.3, 0.4) is 0 Å². The number of allylic oxidation sites excluding steroid dienone is 1. The molecule has 0 saturated carbocycles. The highest BCUT2D eigenvalue weighted by atomic mass is 16.4. The predicted octanol–water partition coefficient (Wildman–Crippen LogP) is -0.428. The number of hydrogen-bond acceptors (Lipinski definition) is 4. The number of nitrogens with zero attached hydrogens (tertiary/aromatic N) is 2. The van der Waals surface area contributed by atoms with Gasteiger partial charge in [0.05, 0.1) is 0 Å². The van der Waals surface area contributed by atoms with Gasteiger partial charge in [-0.2, -0.15) is 5.10 Å². The van der Waals surface area contributed by atoms with Crippen molar-refractivity contribution in [2.75, 3.05) is 0 Å². The van der Waals surface area contributed by atoms with E-state index in [1.807, 2.05) is 0 Å². The molecule has 0 bridgehead atoms. The highest BCUT2D eigenvalue weighted by Gasteiger charge is 2.06. The lowest BCUT2D eigenvalue weighted by molar-refractivity contribution is -0.129. The van der Waals surface area contributed by atoms with Crippen molar-refractivity contribution in [3.63, 3.8) is 0 Å². The number of hydrogen-bond donors (Lipinski definition) is 2. The number of aliphatic imine (C=N–C) groups is 1. The molecule has 0 saturated heterocycles. The first-order valence-corrected chi connectivity index (χ1v) is 2.56. The van der Waals surface area contributed by atoms with Gasteiger partial charge in [-0.15, -0.1) is 0 Å². The van der Waals surface area contributed by atoms with Crippen molar-refractivity contribution in [1.29, 1.82) is 0 Å². The summed E-state index contributed by atoms with van der Waals surface area (Å²) in [5.41, 5.74) is 2.24. The number of rotatable bonds is 1. The van der Waals surface area contributed by atoms with Crippen LogP contribution in [0.2, 0.25) is 0 Å². The molecule has 0 unspecified atom stereocenters. The van der Waals surface area contributed by atoms with E-state index in [1.165, 1.54) is 18.5 Å². The summed E-state index contributed by atoms with van der Waals surface area (Å²) < 4.78 is 0. The minimum absolute atomic E-state index is 0.176. The number of aliphatic carboxylic acids is 1. The maximum atomic E-state index is 10.2. The van der Waals surface area contributed by atoms with E-state index in [-0.39, 0.29) is 5.84 Å². The molecule has 0 aromatic rings. The van der Waals surface area contributed by atoms with Crippen molar-refractivity contribution in [1.82, 2.24) is 5.43 Å². The van der Waals surface area contributed by atoms with E-state index >= 15 is 0 Å². The van der Waals surface area contributed by atoms with E-state index in [2.05, 4.69) is 15.5 Å². The Hall–Kier alpha value is -1.65. The molecule has 0 aromatic heterocycles. The second kappa shape index (κ2) is 2.77. The lowest BCUT2D eigenvalue weighted by Crippen LogP contribution is -2.26. The Morgan fingerprint density at radius 2 is 2.50 bits per heavy atom. The van der Waals surface area contributed by atoms with Crippen LogP contribution in [0.4, 0.5) is 0 Å². The monoisotopic (exact) mass is 139 g/mol. The summed E-state index contributed by atoms with van der Waals surface area (Å²) in [6.45, 7) is 0. The molecular weight excluding hydrogens is 134 g/mol. The van der Waals surface area contributed by atoms with Crippen LogP contribution in [-0.4, -0.2) is 23.1 Å². The maximum absolute atomic E-state index is 10.2. The summed E-state index contributed by atoms with van der Waals surface area (Å²) in [7, 11) is 0. The highest BCUT2D eigenvalue weighted by Crippen LogP contribution is 1.82. The van der Waals surface area contributed by atoms with Gasteiger partial charge in [-0.3, -0.25) is 5.43 Å². The third-order valence-electron chi connectivity index (χ3n) is 0.823. The smallest absolute Gasteiger partial charge is 0.373 e. The normalized spacial score (nSPS) is 15.4. The van der Waals surface area contributed by atoms with Gasteiger partial charge in [0.1, 0.15) is 0 Å². The predicted molar refractivity (Wildman–Crippen MR) is 35.8 cm³/mol. The molecule has 1 aliphatic heterocycles. The molecule has 0 atom stereocenters. The van der Waals surface area contributed by atoms with Crippen molar-refractivity contribution < 1.29 is 9.90 Å². The topological polar surface area (TPSA) is 74.0 Å². The summed E-state index contributed by atoms with van der Waals surface area (Å²) >= 11 is 0. The number of carboxylic acid groups (broad SMARTS) is 1. The summed E-state index contributed by atoms with van der Waals surface area (Å²) in [6.07, 6.45) is 4.30. The van der Waals surface area contributed by atoms with Crippen molar-refractivity contribution >= 4 is 18.0 Å². The summed E-state index contributed by atoms with van der Waals surface area (Å²) in [6, 6.07) is 0. The second-order valence-corrected chi connectivity index (χ2v) is 1.51. The van der Waals surface area contributed by atoms with Crippen LogP contribution >= 0.6 is 0 Å². The molecular formula is C5H5N3O2. The SMILES string of the molecule is O=C(O)C1=NC=CC=NN1. The molecule has 5 heteroatoms. The zero-order valence-electron chi connectivity index (χ0n) is 4.98. The number of nitrogens with one attached hydrogen (secondary N) is 1. The summed E-state index contributed by atoms with van der Waals surface area (Å²) in [4.78, 5) is 13.7. The van der Waals surface area contributed by atoms with Crippen molar-refractivity contribution in [3.8, 4) is 0 Å². The molecule has 0 aromatic carbocycles. The Balaban J connectivity index is 2.78. The van der Waals surface area contributed by atoms with Crippen molar-refractivity contribution in [3.05, 3.63) is 12.3 Å². The fourth-order valence-corrected chi connectivity index (χ4v) is 0.429. The van der Waals surface area contributed by atoms with Gasteiger partial charge in [0, 0.05) is 12.4 Å². The minimum atomic E-state index is -1.12. The third-order valence-corrected chi connectivity index (χ3v) is 0.823. The van der Waals surface area contributed by atoms with Gasteiger partial charge in [-0.05, 0) is 6.08 Å². The number of carbonyl (C=O) groups is 1. The molecule has 1 aliphatic rings. The van der Waals surface area contributed by atoms with Crippen LogP contribution in [0.25, 0.3) is 0 Å². The van der Waals surface area contributed by atoms with E-state index in [0.29, 0.717) is 0 Å². The molecule has 2 N–H and O–H groups in total. The first-order valence-electron chi connectivity index (χ1n) is 2.56. The van der Waals surface area contributed by atoms with Gasteiger partial charge < -0.3 is 5.11 Å². The number of hydrazone groups is 1. The Morgan fingerprint density at radius 1 is 1.70 bits per heavy atom. The van der Waals surface area contributed by atoms with Crippen molar-refractivity contribution in [2.45, 2.75) is 0 Å². The zero-order chi connectivity index (χ0) is 7.40. The Bertz CT molecular complexity index is 229. The molecule has 0 aliphatic carbocycles. The van der Waals surface area contributed by atoms with E-state index in [1.54, 1.807) is 0 Å².